The number of esters is 1. The summed E-state index contributed by atoms with van der Waals surface area (Å²) >= 11 is 0. The lowest BCUT2D eigenvalue weighted by molar-refractivity contribution is -0.139. The molecule has 1 heterocycles. The largest absolute Gasteiger partial charge is 0.478 e. The number of anilines is 1. The fourth-order valence-corrected chi connectivity index (χ4v) is 3.28. The van der Waals surface area contributed by atoms with E-state index in [1.165, 1.54) is 37.3 Å². The standard InChI is InChI=1S/C21H18F2N2O5/c1-3-30-20(28)16-11(2)25(13-9-7-12(8-10-13)19(26)27)21(29)24-18(16)17-14(22)5-4-6-15(17)23/h4-10,18H,3H2,1-2H3,(H,24,29)(H,26,27)/t18-/m1/s1. The monoisotopic (exact) mass is 416 g/mol. The molecule has 2 aromatic rings. The van der Waals surface area contributed by atoms with Gasteiger partial charge in [-0.1, -0.05) is 6.07 Å². The molecule has 156 valence electrons. The molecule has 0 aliphatic carbocycles. The van der Waals surface area contributed by atoms with E-state index in [9.17, 15) is 23.2 Å². The Balaban J connectivity index is 2.16. The quantitative estimate of drug-likeness (QED) is 0.724. The first-order chi connectivity index (χ1) is 14.3. The van der Waals surface area contributed by atoms with Crippen LogP contribution < -0.4 is 10.2 Å². The lowest BCUT2D eigenvalue weighted by atomic mass is 9.93. The molecule has 2 amide bonds. The summed E-state index contributed by atoms with van der Waals surface area (Å²) in [6.07, 6.45) is 0. The van der Waals surface area contributed by atoms with Gasteiger partial charge in [-0.15, -0.1) is 0 Å². The smallest absolute Gasteiger partial charge is 0.338 e. The Kier molecular flexibility index (Phi) is 5.81. The van der Waals surface area contributed by atoms with Gasteiger partial charge in [-0.3, -0.25) is 4.90 Å². The number of carboxylic acids is 1. The molecule has 0 unspecified atom stereocenters. The van der Waals surface area contributed by atoms with Crippen molar-refractivity contribution in [2.24, 2.45) is 0 Å². The van der Waals surface area contributed by atoms with Crippen molar-refractivity contribution in [3.63, 3.8) is 0 Å². The number of aromatic carboxylic acids is 1. The first kappa shape index (κ1) is 21.0. The summed E-state index contributed by atoms with van der Waals surface area (Å²) in [4.78, 5) is 37.7. The number of hydrogen-bond donors (Lipinski definition) is 2. The SMILES string of the molecule is CCOC(=O)C1=C(C)N(c2ccc(C(=O)O)cc2)C(=O)N[C@H]1c1c(F)cccc1F. The predicted molar refractivity (Wildman–Crippen MR) is 103 cm³/mol. The van der Waals surface area contributed by atoms with Crippen molar-refractivity contribution in [1.29, 1.82) is 0 Å². The zero-order valence-corrected chi connectivity index (χ0v) is 16.1. The number of carbonyl (C=O) groups excluding carboxylic acids is 2. The molecule has 7 nitrogen and oxygen atoms in total. The van der Waals surface area contributed by atoms with Crippen molar-refractivity contribution in [3.8, 4) is 0 Å². The molecule has 0 aromatic heterocycles. The molecule has 1 aliphatic heterocycles. The maximum absolute atomic E-state index is 14.4. The van der Waals surface area contributed by atoms with E-state index in [0.29, 0.717) is 0 Å². The molecule has 0 fully saturated rings. The maximum Gasteiger partial charge on any atom is 0.338 e. The van der Waals surface area contributed by atoms with Crippen LogP contribution in [0.2, 0.25) is 0 Å². The van der Waals surface area contributed by atoms with E-state index in [1.54, 1.807) is 6.92 Å². The van der Waals surface area contributed by atoms with E-state index in [1.807, 2.05) is 0 Å². The van der Waals surface area contributed by atoms with E-state index in [2.05, 4.69) is 5.32 Å². The average molecular weight is 416 g/mol. The molecule has 1 atom stereocenters. The van der Waals surface area contributed by atoms with E-state index in [-0.39, 0.29) is 29.1 Å². The second-order valence-electron chi connectivity index (χ2n) is 6.42. The molecule has 0 saturated carbocycles. The summed E-state index contributed by atoms with van der Waals surface area (Å²) in [5, 5.41) is 11.5. The highest BCUT2D eigenvalue weighted by Gasteiger charge is 2.39. The third-order valence-corrected chi connectivity index (χ3v) is 4.64. The lowest BCUT2D eigenvalue weighted by Gasteiger charge is -2.35. The Hall–Kier alpha value is -3.75. The number of carboxylic acid groups (broad SMARTS) is 1. The summed E-state index contributed by atoms with van der Waals surface area (Å²) in [7, 11) is 0. The number of hydrogen-bond acceptors (Lipinski definition) is 4. The molecule has 0 saturated heterocycles. The van der Waals surface area contributed by atoms with Gasteiger partial charge in [0.05, 0.1) is 35.0 Å². The van der Waals surface area contributed by atoms with Crippen molar-refractivity contribution in [3.05, 3.63) is 76.5 Å². The number of nitrogens with one attached hydrogen (secondary N) is 1. The van der Waals surface area contributed by atoms with Gasteiger partial charge >= 0.3 is 18.0 Å². The molecule has 3 rings (SSSR count). The van der Waals surface area contributed by atoms with Crippen LogP contribution in [-0.2, 0) is 9.53 Å². The molecule has 2 aromatic carbocycles. The fraction of sp³-hybridized carbons (Fsp3) is 0.190. The summed E-state index contributed by atoms with van der Waals surface area (Å²) in [5.41, 5.74) is -0.233. The second kappa shape index (κ2) is 8.32. The topological polar surface area (TPSA) is 95.9 Å². The zero-order chi connectivity index (χ0) is 22.0. The van der Waals surface area contributed by atoms with Crippen LogP contribution in [0.15, 0.2) is 53.7 Å². The number of carbonyl (C=O) groups is 3. The molecule has 0 radical (unpaired) electrons. The molecule has 0 spiro atoms. The molecule has 0 bridgehead atoms. The number of halogens is 2. The van der Waals surface area contributed by atoms with Gasteiger partial charge in [-0.05, 0) is 50.2 Å². The van der Waals surface area contributed by atoms with Crippen LogP contribution in [0, 0.1) is 11.6 Å². The predicted octanol–water partition coefficient (Wildman–Crippen LogP) is 3.77. The van der Waals surface area contributed by atoms with Gasteiger partial charge in [0.15, 0.2) is 0 Å². The molecule has 2 N–H and O–H groups in total. The first-order valence-corrected chi connectivity index (χ1v) is 9.02. The first-order valence-electron chi connectivity index (χ1n) is 9.02. The van der Waals surface area contributed by atoms with Crippen LogP contribution in [0.4, 0.5) is 19.3 Å². The van der Waals surface area contributed by atoms with Crippen molar-refractivity contribution in [2.75, 3.05) is 11.5 Å². The molecule has 30 heavy (non-hydrogen) atoms. The third kappa shape index (κ3) is 3.73. The van der Waals surface area contributed by atoms with Crippen LogP contribution in [0.25, 0.3) is 0 Å². The molecular weight excluding hydrogens is 398 g/mol. The highest BCUT2D eigenvalue weighted by molar-refractivity contribution is 6.03. The number of allylic oxidation sites excluding steroid dienone is 1. The van der Waals surface area contributed by atoms with Crippen LogP contribution >= 0.6 is 0 Å². The van der Waals surface area contributed by atoms with Gasteiger partial charge in [0.2, 0.25) is 0 Å². The van der Waals surface area contributed by atoms with Crippen LogP contribution in [0.3, 0.4) is 0 Å². The Bertz CT molecular complexity index is 1030. The van der Waals surface area contributed by atoms with Crippen molar-refractivity contribution >= 4 is 23.7 Å². The van der Waals surface area contributed by atoms with Crippen molar-refractivity contribution in [1.82, 2.24) is 5.32 Å². The van der Waals surface area contributed by atoms with Crippen LogP contribution in [0.1, 0.15) is 35.8 Å². The molecular formula is C21H18F2N2O5. The maximum atomic E-state index is 14.4. The van der Waals surface area contributed by atoms with Crippen molar-refractivity contribution in [2.45, 2.75) is 19.9 Å². The van der Waals surface area contributed by atoms with Crippen LogP contribution in [0.5, 0.6) is 0 Å². The number of benzene rings is 2. The van der Waals surface area contributed by atoms with E-state index < -0.39 is 41.2 Å². The zero-order valence-electron chi connectivity index (χ0n) is 16.1. The minimum absolute atomic E-state index is 0.00900. The highest BCUT2D eigenvalue weighted by atomic mass is 19.1. The van der Waals surface area contributed by atoms with Gasteiger partial charge in [-0.2, -0.15) is 0 Å². The summed E-state index contributed by atoms with van der Waals surface area (Å²) in [6.45, 7) is 3.04. The summed E-state index contributed by atoms with van der Waals surface area (Å²) in [5.74, 6) is -3.82. The second-order valence-corrected chi connectivity index (χ2v) is 6.42. The Labute approximate surface area is 170 Å². The number of ether oxygens (including phenoxy) is 1. The minimum Gasteiger partial charge on any atom is -0.478 e. The minimum atomic E-state index is -1.40. The van der Waals surface area contributed by atoms with Gasteiger partial charge in [0, 0.05) is 5.70 Å². The third-order valence-electron chi connectivity index (χ3n) is 4.64. The number of urea groups is 1. The summed E-state index contributed by atoms with van der Waals surface area (Å²) < 4.78 is 33.9. The number of rotatable bonds is 5. The van der Waals surface area contributed by atoms with E-state index in [4.69, 9.17) is 9.84 Å². The summed E-state index contributed by atoms with van der Waals surface area (Å²) in [6, 6.07) is 6.47. The van der Waals surface area contributed by atoms with Gasteiger partial charge in [0.25, 0.3) is 0 Å². The van der Waals surface area contributed by atoms with Gasteiger partial charge < -0.3 is 15.2 Å². The van der Waals surface area contributed by atoms with Crippen LogP contribution in [-0.4, -0.2) is 29.7 Å². The number of amides is 2. The van der Waals surface area contributed by atoms with E-state index in [0.717, 1.165) is 17.0 Å². The lowest BCUT2D eigenvalue weighted by Crippen LogP contribution is -2.48. The Morgan fingerprint density at radius 1 is 1.13 bits per heavy atom. The van der Waals surface area contributed by atoms with Gasteiger partial charge in [-0.25, -0.2) is 23.2 Å². The molecule has 9 heteroatoms. The van der Waals surface area contributed by atoms with Gasteiger partial charge in [0.1, 0.15) is 11.6 Å². The Morgan fingerprint density at radius 3 is 2.27 bits per heavy atom. The number of nitrogens with zero attached hydrogens (tertiary/aromatic N) is 1. The normalized spacial score (nSPS) is 16.3. The van der Waals surface area contributed by atoms with E-state index >= 15 is 0 Å². The Morgan fingerprint density at radius 2 is 1.73 bits per heavy atom. The fourth-order valence-electron chi connectivity index (χ4n) is 3.28. The van der Waals surface area contributed by atoms with Crippen molar-refractivity contribution < 1.29 is 33.0 Å². The average Bonchev–Trinajstić information content (AvgIpc) is 2.68. The highest BCUT2D eigenvalue weighted by Crippen LogP contribution is 2.36. The molecule has 1 aliphatic rings.